The summed E-state index contributed by atoms with van der Waals surface area (Å²) >= 11 is 13.1. The van der Waals surface area contributed by atoms with E-state index in [9.17, 15) is 14.9 Å². The van der Waals surface area contributed by atoms with Crippen molar-refractivity contribution in [2.75, 3.05) is 11.1 Å². The SMILES string of the molecule is O=C(CSc1nc2ccccc2[nH]1)Nc1c(Cl)cc([N+](=O)[O-])cc1Cl. The lowest BCUT2D eigenvalue weighted by molar-refractivity contribution is -0.384. The number of nitrogens with one attached hydrogen (secondary N) is 2. The first kappa shape index (κ1) is 17.5. The van der Waals surface area contributed by atoms with Crippen LogP contribution in [-0.2, 0) is 4.79 Å². The zero-order valence-corrected chi connectivity index (χ0v) is 14.8. The van der Waals surface area contributed by atoms with Crippen LogP contribution in [-0.4, -0.2) is 26.6 Å². The quantitative estimate of drug-likeness (QED) is 0.375. The Morgan fingerprint density at radius 1 is 1.28 bits per heavy atom. The van der Waals surface area contributed by atoms with Crippen LogP contribution in [0.25, 0.3) is 11.0 Å². The van der Waals surface area contributed by atoms with E-state index in [1.807, 2.05) is 24.3 Å². The molecule has 0 unspecified atom stereocenters. The summed E-state index contributed by atoms with van der Waals surface area (Å²) in [6.07, 6.45) is 0. The molecule has 0 saturated heterocycles. The molecule has 3 rings (SSSR count). The lowest BCUT2D eigenvalue weighted by atomic mass is 10.3. The summed E-state index contributed by atoms with van der Waals surface area (Å²) in [6.45, 7) is 0. The van der Waals surface area contributed by atoms with Gasteiger partial charge in [0.05, 0.1) is 37.4 Å². The van der Waals surface area contributed by atoms with Gasteiger partial charge in [0.2, 0.25) is 5.91 Å². The number of carbonyl (C=O) groups excluding carboxylic acids is 1. The fraction of sp³-hybridized carbons (Fsp3) is 0.0667. The third-order valence-corrected chi connectivity index (χ3v) is 4.68. The molecule has 2 N–H and O–H groups in total. The number of amides is 1. The first-order valence-electron chi connectivity index (χ1n) is 6.95. The molecular weight excluding hydrogens is 387 g/mol. The van der Waals surface area contributed by atoms with E-state index in [2.05, 4.69) is 15.3 Å². The standard InChI is InChI=1S/C15H10Cl2N4O3S/c16-9-5-8(21(23)24)6-10(17)14(9)20-13(22)7-25-15-18-11-3-1-2-4-12(11)19-15/h1-6H,7H2,(H,18,19)(H,20,22). The predicted octanol–water partition coefficient (Wildman–Crippen LogP) is 4.51. The number of carbonyl (C=O) groups is 1. The summed E-state index contributed by atoms with van der Waals surface area (Å²) in [4.78, 5) is 29.7. The van der Waals surface area contributed by atoms with Crippen molar-refractivity contribution in [1.29, 1.82) is 0 Å². The molecule has 1 heterocycles. The molecule has 0 saturated carbocycles. The molecule has 0 aliphatic carbocycles. The number of aromatic nitrogens is 2. The van der Waals surface area contributed by atoms with Crippen molar-refractivity contribution in [2.45, 2.75) is 5.16 Å². The van der Waals surface area contributed by atoms with Gasteiger partial charge in [0, 0.05) is 12.1 Å². The second-order valence-electron chi connectivity index (χ2n) is 4.94. The van der Waals surface area contributed by atoms with Crippen molar-refractivity contribution < 1.29 is 9.72 Å². The Labute approximate surface area is 155 Å². The lowest BCUT2D eigenvalue weighted by Crippen LogP contribution is -2.15. The van der Waals surface area contributed by atoms with Crippen LogP contribution in [0, 0.1) is 10.1 Å². The highest BCUT2D eigenvalue weighted by Gasteiger charge is 2.17. The summed E-state index contributed by atoms with van der Waals surface area (Å²) in [7, 11) is 0. The Hall–Kier alpha value is -2.29. The van der Waals surface area contributed by atoms with E-state index in [0.29, 0.717) is 5.16 Å². The Morgan fingerprint density at radius 2 is 1.96 bits per heavy atom. The topological polar surface area (TPSA) is 101 Å². The van der Waals surface area contributed by atoms with Gasteiger partial charge in [-0.05, 0) is 12.1 Å². The molecule has 0 atom stereocenters. The number of halogens is 2. The van der Waals surface area contributed by atoms with E-state index in [4.69, 9.17) is 23.2 Å². The van der Waals surface area contributed by atoms with Gasteiger partial charge in [0.15, 0.2) is 5.16 Å². The number of rotatable bonds is 5. The third-order valence-electron chi connectivity index (χ3n) is 3.21. The molecule has 128 valence electrons. The summed E-state index contributed by atoms with van der Waals surface area (Å²) in [5, 5.41) is 13.9. The van der Waals surface area contributed by atoms with Crippen molar-refractivity contribution in [3.8, 4) is 0 Å². The van der Waals surface area contributed by atoms with E-state index in [-0.39, 0.29) is 33.1 Å². The van der Waals surface area contributed by atoms with Crippen molar-refractivity contribution in [3.05, 3.63) is 56.6 Å². The molecule has 7 nitrogen and oxygen atoms in total. The lowest BCUT2D eigenvalue weighted by Gasteiger charge is -2.08. The maximum atomic E-state index is 12.1. The van der Waals surface area contributed by atoms with Crippen LogP contribution < -0.4 is 5.32 Å². The maximum absolute atomic E-state index is 12.1. The number of benzene rings is 2. The zero-order chi connectivity index (χ0) is 18.0. The van der Waals surface area contributed by atoms with E-state index >= 15 is 0 Å². The second kappa shape index (κ2) is 7.30. The summed E-state index contributed by atoms with van der Waals surface area (Å²) in [6, 6.07) is 9.79. The Kier molecular flexibility index (Phi) is 5.12. The smallest absolute Gasteiger partial charge is 0.272 e. The van der Waals surface area contributed by atoms with Crippen molar-refractivity contribution in [1.82, 2.24) is 9.97 Å². The van der Waals surface area contributed by atoms with Crippen LogP contribution in [0.1, 0.15) is 0 Å². The second-order valence-corrected chi connectivity index (χ2v) is 6.72. The third kappa shape index (κ3) is 4.04. The molecule has 0 spiro atoms. The van der Waals surface area contributed by atoms with Crippen LogP contribution in [0.4, 0.5) is 11.4 Å². The number of anilines is 1. The van der Waals surface area contributed by atoms with Crippen molar-refractivity contribution >= 4 is 63.3 Å². The fourth-order valence-corrected chi connectivity index (χ4v) is 3.35. The van der Waals surface area contributed by atoms with Gasteiger partial charge in [-0.15, -0.1) is 0 Å². The minimum Gasteiger partial charge on any atom is -0.333 e. The molecule has 2 aromatic carbocycles. The number of fused-ring (bicyclic) bond motifs is 1. The van der Waals surface area contributed by atoms with E-state index in [1.54, 1.807) is 0 Å². The molecule has 10 heteroatoms. The number of nitro benzene ring substituents is 1. The molecule has 1 amide bonds. The van der Waals surface area contributed by atoms with Gasteiger partial charge >= 0.3 is 0 Å². The Balaban J connectivity index is 1.67. The molecule has 0 bridgehead atoms. The number of H-pyrrole nitrogens is 1. The maximum Gasteiger partial charge on any atom is 0.272 e. The number of para-hydroxylation sites is 2. The van der Waals surface area contributed by atoms with Crippen LogP contribution in [0.15, 0.2) is 41.6 Å². The first-order chi connectivity index (χ1) is 11.9. The molecule has 1 aromatic heterocycles. The fourth-order valence-electron chi connectivity index (χ4n) is 2.09. The molecule has 0 aliphatic rings. The number of thioether (sulfide) groups is 1. The number of non-ortho nitro benzene ring substituents is 1. The molecular formula is C15H10Cl2N4O3S. The molecule has 0 radical (unpaired) electrons. The van der Waals surface area contributed by atoms with Gasteiger partial charge in [-0.2, -0.15) is 0 Å². The van der Waals surface area contributed by atoms with Crippen LogP contribution in [0.2, 0.25) is 10.0 Å². The number of imidazole rings is 1. The monoisotopic (exact) mass is 396 g/mol. The predicted molar refractivity (Wildman–Crippen MR) is 98.6 cm³/mol. The van der Waals surface area contributed by atoms with Gasteiger partial charge < -0.3 is 10.3 Å². The molecule has 0 aliphatic heterocycles. The summed E-state index contributed by atoms with van der Waals surface area (Å²) < 4.78 is 0. The highest BCUT2D eigenvalue weighted by Crippen LogP contribution is 2.34. The number of aromatic amines is 1. The average Bonchev–Trinajstić information content (AvgIpc) is 2.99. The molecule has 25 heavy (non-hydrogen) atoms. The Morgan fingerprint density at radius 3 is 2.60 bits per heavy atom. The number of hydrogen-bond acceptors (Lipinski definition) is 5. The number of nitro groups is 1. The summed E-state index contributed by atoms with van der Waals surface area (Å²) in [5.41, 5.74) is 1.59. The highest BCUT2D eigenvalue weighted by molar-refractivity contribution is 7.99. The molecule has 3 aromatic rings. The molecule has 0 fully saturated rings. The van der Waals surface area contributed by atoms with Crippen LogP contribution in [0.5, 0.6) is 0 Å². The zero-order valence-electron chi connectivity index (χ0n) is 12.5. The number of nitrogens with zero attached hydrogens (tertiary/aromatic N) is 2. The van der Waals surface area contributed by atoms with Crippen molar-refractivity contribution in [3.63, 3.8) is 0 Å². The van der Waals surface area contributed by atoms with Crippen LogP contribution >= 0.6 is 35.0 Å². The number of hydrogen-bond donors (Lipinski definition) is 2. The highest BCUT2D eigenvalue weighted by atomic mass is 35.5. The minimum absolute atomic E-state index is 0.00119. The minimum atomic E-state index is -0.610. The normalized spacial score (nSPS) is 10.8. The van der Waals surface area contributed by atoms with Gasteiger partial charge in [0.25, 0.3) is 5.69 Å². The van der Waals surface area contributed by atoms with Crippen LogP contribution in [0.3, 0.4) is 0 Å². The van der Waals surface area contributed by atoms with E-state index < -0.39 is 4.92 Å². The first-order valence-corrected chi connectivity index (χ1v) is 8.69. The van der Waals surface area contributed by atoms with Crippen molar-refractivity contribution in [2.24, 2.45) is 0 Å². The van der Waals surface area contributed by atoms with Gasteiger partial charge in [0.1, 0.15) is 0 Å². The van der Waals surface area contributed by atoms with Gasteiger partial charge in [-0.25, -0.2) is 4.98 Å². The average molecular weight is 397 g/mol. The van der Waals surface area contributed by atoms with Gasteiger partial charge in [-0.1, -0.05) is 47.1 Å². The largest absolute Gasteiger partial charge is 0.333 e. The van der Waals surface area contributed by atoms with E-state index in [1.165, 1.54) is 11.8 Å². The van der Waals surface area contributed by atoms with E-state index in [0.717, 1.165) is 23.2 Å². The Bertz CT molecular complexity index is 920. The van der Waals surface area contributed by atoms with Gasteiger partial charge in [-0.3, -0.25) is 14.9 Å². The summed E-state index contributed by atoms with van der Waals surface area (Å²) in [5.74, 6) is -0.285.